The van der Waals surface area contributed by atoms with E-state index in [9.17, 15) is 19.8 Å². The minimum Gasteiger partial charge on any atom is -0.479 e. The average Bonchev–Trinajstić information content (AvgIpc) is 2.76. The number of hydrogen-bond donors (Lipinski definition) is 2. The van der Waals surface area contributed by atoms with Gasteiger partial charge in [0.15, 0.2) is 5.60 Å². The summed E-state index contributed by atoms with van der Waals surface area (Å²) in [5.41, 5.74) is -2.90. The summed E-state index contributed by atoms with van der Waals surface area (Å²) >= 11 is 0. The molecule has 0 spiro atoms. The van der Waals surface area contributed by atoms with Crippen LogP contribution in [0.3, 0.4) is 0 Å². The molecule has 0 aromatic rings. The van der Waals surface area contributed by atoms with E-state index in [1.807, 2.05) is 13.8 Å². The Morgan fingerprint density at radius 2 is 1.49 bits per heavy atom. The Balaban J connectivity index is 1.63. The van der Waals surface area contributed by atoms with Gasteiger partial charge in [0.25, 0.3) is 0 Å². The minimum absolute atomic E-state index is 0.0389. The monoisotopic (exact) mass is 486 g/mol. The second-order valence-corrected chi connectivity index (χ2v) is 15.5. The van der Waals surface area contributed by atoms with Gasteiger partial charge in [0.2, 0.25) is 0 Å². The molecule has 11 atom stereocenters. The van der Waals surface area contributed by atoms with Gasteiger partial charge in [-0.2, -0.15) is 0 Å². The van der Waals surface area contributed by atoms with Crippen LogP contribution in [0.5, 0.6) is 0 Å². The van der Waals surface area contributed by atoms with Crippen molar-refractivity contribution in [2.24, 2.45) is 62.6 Å². The maximum Gasteiger partial charge on any atom is 0.336 e. The number of carbonyl (C=O) groups is 2. The highest BCUT2D eigenvalue weighted by Gasteiger charge is 2.76. The average molecular weight is 487 g/mol. The molecule has 5 aliphatic carbocycles. The van der Waals surface area contributed by atoms with Gasteiger partial charge in [-0.05, 0) is 103 Å². The van der Waals surface area contributed by atoms with Crippen molar-refractivity contribution in [1.29, 1.82) is 0 Å². The van der Waals surface area contributed by atoms with E-state index in [2.05, 4.69) is 41.5 Å². The van der Waals surface area contributed by atoms with Crippen LogP contribution in [-0.4, -0.2) is 27.6 Å². The first-order chi connectivity index (χ1) is 16.0. The van der Waals surface area contributed by atoms with Crippen LogP contribution in [0.1, 0.15) is 113 Å². The van der Waals surface area contributed by atoms with Crippen molar-refractivity contribution in [2.75, 3.05) is 0 Å². The standard InChI is InChI=1S/C31H50O4/c1-18-11-13-27(5)15-16-28(6)20(24(27)19(18)2)9-10-22-29(28,7)14-12-21-26(3,4)23(32)17-31(35,25(33)34)30(21,22)8/h18-22,24,35H,9-17H2,1-8H3,(H,33,34)/t18-,19+,20-,21+,22+,24+,27-,28-,29-,30+,31?/m1/s1. The number of fused-ring (bicyclic) bond motifs is 7. The lowest BCUT2D eigenvalue weighted by Gasteiger charge is -2.74. The minimum atomic E-state index is -1.99. The fourth-order valence-electron chi connectivity index (χ4n) is 11.8. The van der Waals surface area contributed by atoms with E-state index in [0.717, 1.165) is 37.5 Å². The number of carboxylic acid groups (broad SMARTS) is 1. The molecular formula is C31H50O4. The smallest absolute Gasteiger partial charge is 0.336 e. The van der Waals surface area contributed by atoms with Gasteiger partial charge in [0.05, 0.1) is 0 Å². The Morgan fingerprint density at radius 3 is 2.11 bits per heavy atom. The van der Waals surface area contributed by atoms with E-state index in [1.54, 1.807) is 0 Å². The third-order valence-corrected chi connectivity index (χ3v) is 14.4. The Morgan fingerprint density at radius 1 is 0.829 bits per heavy atom. The number of Topliss-reactive ketones (excluding diaryl/α,β-unsaturated/α-hetero) is 1. The summed E-state index contributed by atoms with van der Waals surface area (Å²) in [5, 5.41) is 22.3. The predicted molar refractivity (Wildman–Crippen MR) is 138 cm³/mol. The Hall–Kier alpha value is -0.900. The Bertz CT molecular complexity index is 940. The molecule has 0 saturated heterocycles. The summed E-state index contributed by atoms with van der Waals surface area (Å²) in [5.74, 6) is 1.54. The SMILES string of the molecule is C[C@@H]1[C@H]2[C@H]3CC[C@@H]4[C@]5(C)[C@@H](CC[C@@]4(C)[C@]3(C)CC[C@@]2(C)CC[C@H]1C)C(C)(C)C(=O)CC5(O)C(=O)O. The van der Waals surface area contributed by atoms with Crippen LogP contribution in [0.2, 0.25) is 0 Å². The van der Waals surface area contributed by atoms with Crippen LogP contribution in [0.15, 0.2) is 0 Å². The molecule has 0 aromatic heterocycles. The molecule has 4 nitrogen and oxygen atoms in total. The van der Waals surface area contributed by atoms with Crippen molar-refractivity contribution in [2.45, 2.75) is 119 Å². The third kappa shape index (κ3) is 2.84. The number of aliphatic carboxylic acids is 1. The highest BCUT2D eigenvalue weighted by molar-refractivity contribution is 5.94. The van der Waals surface area contributed by atoms with E-state index < -0.39 is 22.4 Å². The molecule has 0 aromatic carbocycles. The summed E-state index contributed by atoms with van der Waals surface area (Å²) in [6, 6.07) is 0. The molecular weight excluding hydrogens is 436 g/mol. The van der Waals surface area contributed by atoms with Crippen molar-refractivity contribution in [3.63, 3.8) is 0 Å². The van der Waals surface area contributed by atoms with E-state index in [0.29, 0.717) is 17.3 Å². The molecule has 5 saturated carbocycles. The van der Waals surface area contributed by atoms with Crippen LogP contribution in [-0.2, 0) is 9.59 Å². The summed E-state index contributed by atoms with van der Waals surface area (Å²) in [6.07, 6.45) is 8.84. The van der Waals surface area contributed by atoms with Crippen molar-refractivity contribution in [3.8, 4) is 0 Å². The third-order valence-electron chi connectivity index (χ3n) is 14.4. The lowest BCUT2D eigenvalue weighted by molar-refractivity contribution is -0.283. The highest BCUT2D eigenvalue weighted by Crippen LogP contribution is 2.77. The summed E-state index contributed by atoms with van der Waals surface area (Å²) in [4.78, 5) is 25.9. The van der Waals surface area contributed by atoms with Crippen molar-refractivity contribution in [3.05, 3.63) is 0 Å². The summed E-state index contributed by atoms with van der Waals surface area (Å²) < 4.78 is 0. The first-order valence-electron chi connectivity index (χ1n) is 14.5. The predicted octanol–water partition coefficient (Wildman–Crippen LogP) is 6.74. The van der Waals surface area contributed by atoms with Crippen LogP contribution in [0.25, 0.3) is 0 Å². The van der Waals surface area contributed by atoms with Gasteiger partial charge in [0, 0.05) is 17.3 Å². The highest BCUT2D eigenvalue weighted by atomic mass is 16.4. The van der Waals surface area contributed by atoms with E-state index in [1.165, 1.54) is 25.7 Å². The largest absolute Gasteiger partial charge is 0.479 e. The maximum absolute atomic E-state index is 13.2. The molecule has 0 radical (unpaired) electrons. The molecule has 0 bridgehead atoms. The lowest BCUT2D eigenvalue weighted by atomic mass is 9.30. The van der Waals surface area contributed by atoms with Gasteiger partial charge in [0.1, 0.15) is 5.78 Å². The lowest BCUT2D eigenvalue weighted by Crippen LogP contribution is -2.74. The molecule has 5 fully saturated rings. The molecule has 0 aliphatic heterocycles. The molecule has 2 N–H and O–H groups in total. The molecule has 5 rings (SSSR count). The van der Waals surface area contributed by atoms with Gasteiger partial charge >= 0.3 is 5.97 Å². The van der Waals surface area contributed by atoms with Crippen molar-refractivity contribution >= 4 is 11.8 Å². The molecule has 0 heterocycles. The number of carbonyl (C=O) groups excluding carboxylic acids is 1. The molecule has 1 unspecified atom stereocenters. The number of hydrogen-bond acceptors (Lipinski definition) is 3. The fourth-order valence-corrected chi connectivity index (χ4v) is 11.8. The van der Waals surface area contributed by atoms with Gasteiger partial charge in [-0.3, -0.25) is 4.79 Å². The topological polar surface area (TPSA) is 74.6 Å². The Labute approximate surface area is 213 Å². The van der Waals surface area contributed by atoms with Gasteiger partial charge in [-0.25, -0.2) is 4.79 Å². The number of carboxylic acids is 1. The van der Waals surface area contributed by atoms with Gasteiger partial charge in [-0.1, -0.05) is 55.4 Å². The molecule has 0 amide bonds. The van der Waals surface area contributed by atoms with Crippen LogP contribution in [0, 0.1) is 62.6 Å². The van der Waals surface area contributed by atoms with Crippen LogP contribution >= 0.6 is 0 Å². The zero-order chi connectivity index (χ0) is 26.0. The van der Waals surface area contributed by atoms with Crippen LogP contribution < -0.4 is 0 Å². The zero-order valence-electron chi connectivity index (χ0n) is 23.5. The number of ketones is 1. The molecule has 4 heteroatoms. The molecule has 198 valence electrons. The zero-order valence-corrected chi connectivity index (χ0v) is 23.5. The van der Waals surface area contributed by atoms with E-state index >= 15 is 0 Å². The molecule has 35 heavy (non-hydrogen) atoms. The maximum atomic E-state index is 13.2. The van der Waals surface area contributed by atoms with Gasteiger partial charge in [-0.15, -0.1) is 0 Å². The van der Waals surface area contributed by atoms with Crippen LogP contribution in [0.4, 0.5) is 0 Å². The molecule has 5 aliphatic rings. The van der Waals surface area contributed by atoms with E-state index in [4.69, 9.17) is 0 Å². The fraction of sp³-hybridized carbons (Fsp3) is 0.935. The second-order valence-electron chi connectivity index (χ2n) is 15.5. The Kier molecular flexibility index (Phi) is 5.41. The normalized spacial score (nSPS) is 57.3. The second kappa shape index (κ2) is 7.35. The van der Waals surface area contributed by atoms with Crippen molar-refractivity contribution < 1.29 is 19.8 Å². The van der Waals surface area contributed by atoms with Gasteiger partial charge < -0.3 is 10.2 Å². The first kappa shape index (κ1) is 25.7. The van der Waals surface area contributed by atoms with E-state index in [-0.39, 0.29) is 34.9 Å². The summed E-state index contributed by atoms with van der Waals surface area (Å²) in [6.45, 7) is 18.6. The quantitative estimate of drug-likeness (QED) is 0.430. The summed E-state index contributed by atoms with van der Waals surface area (Å²) in [7, 11) is 0. The number of aliphatic hydroxyl groups is 1. The van der Waals surface area contributed by atoms with Crippen molar-refractivity contribution in [1.82, 2.24) is 0 Å². The number of rotatable bonds is 1. The first-order valence-corrected chi connectivity index (χ1v) is 14.5.